The smallest absolute Gasteiger partial charge is 0.325 e. The Morgan fingerprint density at radius 1 is 1.00 bits per heavy atom. The second-order valence-electron chi connectivity index (χ2n) is 7.41. The van der Waals surface area contributed by atoms with Gasteiger partial charge < -0.3 is 14.7 Å². The summed E-state index contributed by atoms with van der Waals surface area (Å²) in [5, 5.41) is 9.83. The molecule has 1 aliphatic rings. The summed E-state index contributed by atoms with van der Waals surface area (Å²) >= 11 is 0. The van der Waals surface area contributed by atoms with Crippen molar-refractivity contribution in [3.63, 3.8) is 0 Å². The molecule has 1 N–H and O–H groups in total. The van der Waals surface area contributed by atoms with E-state index in [1.165, 1.54) is 0 Å². The Morgan fingerprint density at radius 2 is 1.61 bits per heavy atom. The number of hydrogen-bond donors (Lipinski definition) is 1. The monoisotopic (exact) mass is 383 g/mol. The molecule has 0 spiro atoms. The number of likely N-dealkylation sites (N-methyl/N-ethyl adjacent to an activating group) is 1. The molecule has 0 radical (unpaired) electrons. The number of carbonyl (C=O) groups is 1. The van der Waals surface area contributed by atoms with Crippen LogP contribution in [0, 0.1) is 0 Å². The van der Waals surface area contributed by atoms with Crippen molar-refractivity contribution in [3.05, 3.63) is 60.2 Å². The van der Waals surface area contributed by atoms with Crippen LogP contribution in [0.25, 0.3) is 0 Å². The summed E-state index contributed by atoms with van der Waals surface area (Å²) in [6.07, 6.45) is 0. The summed E-state index contributed by atoms with van der Waals surface area (Å²) in [6, 6.07) is 16.3. The van der Waals surface area contributed by atoms with Gasteiger partial charge in [0.15, 0.2) is 0 Å². The zero-order valence-electron chi connectivity index (χ0n) is 16.6. The van der Waals surface area contributed by atoms with Crippen LogP contribution in [0.3, 0.4) is 0 Å². The molecule has 0 aromatic heterocycles. The van der Waals surface area contributed by atoms with Gasteiger partial charge in [-0.15, -0.1) is 0 Å². The van der Waals surface area contributed by atoms with Crippen molar-refractivity contribution in [1.29, 1.82) is 0 Å². The van der Waals surface area contributed by atoms with E-state index in [9.17, 15) is 9.90 Å². The van der Waals surface area contributed by atoms with Crippen molar-refractivity contribution in [2.75, 3.05) is 53.4 Å². The molecular weight excluding hydrogens is 354 g/mol. The van der Waals surface area contributed by atoms with Crippen LogP contribution in [0.2, 0.25) is 0 Å². The van der Waals surface area contributed by atoms with Gasteiger partial charge >= 0.3 is 5.97 Å². The van der Waals surface area contributed by atoms with Gasteiger partial charge in [-0.1, -0.05) is 30.3 Å². The van der Waals surface area contributed by atoms with Crippen LogP contribution < -0.4 is 4.74 Å². The van der Waals surface area contributed by atoms with Gasteiger partial charge in [0, 0.05) is 39.3 Å². The molecule has 2 aromatic carbocycles. The Labute approximate surface area is 166 Å². The first kappa shape index (κ1) is 20.3. The number of carboxylic acid groups (broad SMARTS) is 1. The number of carboxylic acids is 1. The fourth-order valence-electron chi connectivity index (χ4n) is 3.44. The average Bonchev–Trinajstić information content (AvgIpc) is 2.69. The fraction of sp³-hybridized carbons (Fsp3) is 0.409. The Balaban J connectivity index is 1.62. The normalized spacial score (nSPS) is 16.8. The maximum atomic E-state index is 12.0. The lowest BCUT2D eigenvalue weighted by molar-refractivity contribution is -0.144. The van der Waals surface area contributed by atoms with E-state index in [1.54, 1.807) is 0 Å². The third-order valence-corrected chi connectivity index (χ3v) is 5.04. The summed E-state index contributed by atoms with van der Waals surface area (Å²) < 4.78 is 5.81. The molecule has 0 aliphatic carbocycles. The van der Waals surface area contributed by atoms with Crippen LogP contribution in [0.5, 0.6) is 11.5 Å². The van der Waals surface area contributed by atoms with Crippen molar-refractivity contribution < 1.29 is 14.6 Å². The lowest BCUT2D eigenvalue weighted by Gasteiger charge is -2.38. The van der Waals surface area contributed by atoms with E-state index < -0.39 is 12.0 Å². The molecule has 6 nitrogen and oxygen atoms in total. The van der Waals surface area contributed by atoms with E-state index in [4.69, 9.17) is 4.74 Å². The zero-order chi connectivity index (χ0) is 19.9. The molecule has 0 bridgehead atoms. The number of piperazine rings is 1. The van der Waals surface area contributed by atoms with Gasteiger partial charge in [0.1, 0.15) is 17.5 Å². The first-order valence-electron chi connectivity index (χ1n) is 9.70. The molecule has 150 valence electrons. The van der Waals surface area contributed by atoms with Gasteiger partial charge in [-0.3, -0.25) is 14.6 Å². The predicted molar refractivity (Wildman–Crippen MR) is 110 cm³/mol. The van der Waals surface area contributed by atoms with E-state index in [2.05, 4.69) is 28.8 Å². The molecule has 1 unspecified atom stereocenters. The third-order valence-electron chi connectivity index (χ3n) is 5.04. The standard InChI is InChI=1S/C22H29N3O3/c1-23(2)12-13-24-14-16-25(17-15-24)21(22(26)27)18-8-10-20(11-9-18)28-19-6-4-3-5-7-19/h3-11,21H,12-17H2,1-2H3,(H,26,27). The number of ether oxygens (including phenoxy) is 1. The molecule has 1 aliphatic heterocycles. The topological polar surface area (TPSA) is 56.2 Å². The molecule has 2 aromatic rings. The lowest BCUT2D eigenvalue weighted by Crippen LogP contribution is -2.50. The highest BCUT2D eigenvalue weighted by atomic mass is 16.5. The van der Waals surface area contributed by atoms with E-state index in [1.807, 2.05) is 54.6 Å². The van der Waals surface area contributed by atoms with Crippen molar-refractivity contribution in [2.24, 2.45) is 0 Å². The van der Waals surface area contributed by atoms with Crippen LogP contribution >= 0.6 is 0 Å². The number of benzene rings is 2. The Morgan fingerprint density at radius 3 is 2.18 bits per heavy atom. The number of aliphatic carboxylic acids is 1. The SMILES string of the molecule is CN(C)CCN1CCN(C(C(=O)O)c2ccc(Oc3ccccc3)cc2)CC1. The molecular formula is C22H29N3O3. The summed E-state index contributed by atoms with van der Waals surface area (Å²) in [5.41, 5.74) is 0.787. The Kier molecular flexibility index (Phi) is 7.03. The highest BCUT2D eigenvalue weighted by Crippen LogP contribution is 2.27. The molecule has 1 heterocycles. The molecule has 28 heavy (non-hydrogen) atoms. The largest absolute Gasteiger partial charge is 0.480 e. The summed E-state index contributed by atoms with van der Waals surface area (Å²) in [4.78, 5) is 18.6. The molecule has 1 saturated heterocycles. The minimum Gasteiger partial charge on any atom is -0.480 e. The van der Waals surface area contributed by atoms with Crippen LogP contribution in [0.15, 0.2) is 54.6 Å². The zero-order valence-corrected chi connectivity index (χ0v) is 16.6. The summed E-state index contributed by atoms with van der Waals surface area (Å²) in [7, 11) is 4.14. The Hall–Kier alpha value is -2.41. The van der Waals surface area contributed by atoms with Crippen LogP contribution in [-0.2, 0) is 4.79 Å². The molecule has 1 atom stereocenters. The lowest BCUT2D eigenvalue weighted by atomic mass is 10.0. The van der Waals surface area contributed by atoms with E-state index in [-0.39, 0.29) is 0 Å². The summed E-state index contributed by atoms with van der Waals surface area (Å²) in [6.45, 7) is 5.34. The van der Waals surface area contributed by atoms with Crippen LogP contribution in [-0.4, -0.2) is 79.1 Å². The molecule has 3 rings (SSSR count). The summed E-state index contributed by atoms with van der Waals surface area (Å²) in [5.74, 6) is 0.657. The van der Waals surface area contributed by atoms with E-state index >= 15 is 0 Å². The fourth-order valence-corrected chi connectivity index (χ4v) is 3.44. The van der Waals surface area contributed by atoms with Gasteiger partial charge in [0.2, 0.25) is 0 Å². The van der Waals surface area contributed by atoms with Crippen LogP contribution in [0.1, 0.15) is 11.6 Å². The number of nitrogens with zero attached hydrogens (tertiary/aromatic N) is 3. The van der Waals surface area contributed by atoms with Gasteiger partial charge in [-0.25, -0.2) is 0 Å². The highest BCUT2D eigenvalue weighted by molar-refractivity contribution is 5.75. The van der Waals surface area contributed by atoms with Crippen molar-refractivity contribution in [2.45, 2.75) is 6.04 Å². The number of para-hydroxylation sites is 1. The second kappa shape index (κ2) is 9.68. The van der Waals surface area contributed by atoms with Gasteiger partial charge in [0.25, 0.3) is 0 Å². The molecule has 0 amide bonds. The van der Waals surface area contributed by atoms with E-state index in [0.29, 0.717) is 5.75 Å². The van der Waals surface area contributed by atoms with Gasteiger partial charge in [-0.2, -0.15) is 0 Å². The minimum atomic E-state index is -0.807. The van der Waals surface area contributed by atoms with E-state index in [0.717, 1.165) is 50.6 Å². The molecule has 6 heteroatoms. The number of hydrogen-bond acceptors (Lipinski definition) is 5. The minimum absolute atomic E-state index is 0.623. The van der Waals surface area contributed by atoms with Crippen molar-refractivity contribution >= 4 is 5.97 Å². The molecule has 1 fully saturated rings. The molecule has 0 saturated carbocycles. The van der Waals surface area contributed by atoms with Crippen LogP contribution in [0.4, 0.5) is 0 Å². The first-order chi connectivity index (χ1) is 13.5. The number of rotatable bonds is 8. The quantitative estimate of drug-likeness (QED) is 0.757. The third kappa shape index (κ3) is 5.55. The first-order valence-corrected chi connectivity index (χ1v) is 9.70. The van der Waals surface area contributed by atoms with Gasteiger partial charge in [0.05, 0.1) is 0 Å². The second-order valence-corrected chi connectivity index (χ2v) is 7.41. The highest BCUT2D eigenvalue weighted by Gasteiger charge is 2.30. The maximum Gasteiger partial charge on any atom is 0.325 e. The average molecular weight is 383 g/mol. The predicted octanol–water partition coefficient (Wildman–Crippen LogP) is 2.78. The Bertz CT molecular complexity index is 741. The van der Waals surface area contributed by atoms with Gasteiger partial charge in [-0.05, 0) is 43.9 Å². The van der Waals surface area contributed by atoms with Crippen molar-refractivity contribution in [1.82, 2.24) is 14.7 Å². The maximum absolute atomic E-state index is 12.0. The van der Waals surface area contributed by atoms with Crippen molar-refractivity contribution in [3.8, 4) is 11.5 Å².